The van der Waals surface area contributed by atoms with Gasteiger partial charge in [0.15, 0.2) is 5.82 Å². The third-order valence-corrected chi connectivity index (χ3v) is 4.91. The van der Waals surface area contributed by atoms with Crippen LogP contribution in [0.15, 0.2) is 36.7 Å². The minimum atomic E-state index is -0.859. The van der Waals surface area contributed by atoms with E-state index in [0.29, 0.717) is 30.0 Å². The number of nitrogens with one attached hydrogen (secondary N) is 1. The lowest BCUT2D eigenvalue weighted by Crippen LogP contribution is -2.45. The van der Waals surface area contributed by atoms with Gasteiger partial charge in [-0.15, -0.1) is 10.2 Å². The first-order chi connectivity index (χ1) is 13.0. The first-order valence-electron chi connectivity index (χ1n) is 9.01. The van der Waals surface area contributed by atoms with Crippen LogP contribution in [-0.2, 0) is 0 Å². The summed E-state index contributed by atoms with van der Waals surface area (Å²) in [5, 5.41) is 24.0. The Bertz CT molecular complexity index is 970. The number of aromatic hydroxyl groups is 1. The number of phenols is 1. The zero-order chi connectivity index (χ0) is 19.0. The van der Waals surface area contributed by atoms with Crippen molar-refractivity contribution in [3.8, 4) is 17.0 Å². The van der Waals surface area contributed by atoms with E-state index in [1.54, 1.807) is 18.5 Å². The predicted molar refractivity (Wildman–Crippen MR) is 104 cm³/mol. The van der Waals surface area contributed by atoms with Crippen LogP contribution in [0.25, 0.3) is 22.0 Å². The molecule has 0 radical (unpaired) electrons. The van der Waals surface area contributed by atoms with Gasteiger partial charge in [0.25, 0.3) is 0 Å². The number of alkyl halides is 1. The van der Waals surface area contributed by atoms with E-state index < -0.39 is 6.17 Å². The summed E-state index contributed by atoms with van der Waals surface area (Å²) in [5.74, 6) is 0.748. The van der Waals surface area contributed by atoms with Crippen molar-refractivity contribution in [1.29, 1.82) is 0 Å². The van der Waals surface area contributed by atoms with Crippen LogP contribution in [0.5, 0.6) is 5.75 Å². The molecule has 2 atom stereocenters. The fourth-order valence-electron chi connectivity index (χ4n) is 3.69. The Morgan fingerprint density at radius 3 is 2.81 bits per heavy atom. The normalized spacial score (nSPS) is 20.7. The fourth-order valence-corrected chi connectivity index (χ4v) is 3.69. The van der Waals surface area contributed by atoms with Gasteiger partial charge in [-0.3, -0.25) is 4.98 Å². The molecule has 27 heavy (non-hydrogen) atoms. The molecule has 140 valence electrons. The third kappa shape index (κ3) is 3.55. The van der Waals surface area contributed by atoms with Crippen LogP contribution in [0.3, 0.4) is 0 Å². The van der Waals surface area contributed by atoms with Crippen molar-refractivity contribution in [2.75, 3.05) is 25.5 Å². The highest BCUT2D eigenvalue weighted by Crippen LogP contribution is 2.35. The number of nitrogens with zero attached hydrogens (tertiary/aromatic N) is 4. The van der Waals surface area contributed by atoms with E-state index in [1.165, 1.54) is 0 Å². The monoisotopic (exact) mass is 367 g/mol. The molecule has 7 heteroatoms. The summed E-state index contributed by atoms with van der Waals surface area (Å²) >= 11 is 0. The number of likely N-dealkylation sites (N-methyl/N-ethyl adjacent to an activating group) is 1. The molecule has 1 saturated heterocycles. The number of hydrogen-bond acceptors (Lipinski definition) is 6. The van der Waals surface area contributed by atoms with E-state index in [-0.39, 0.29) is 11.8 Å². The van der Waals surface area contributed by atoms with Crippen LogP contribution in [-0.4, -0.2) is 57.5 Å². The molecule has 6 nitrogen and oxygen atoms in total. The topological polar surface area (TPSA) is 74.2 Å². The smallest absolute Gasteiger partial charge is 0.158 e. The summed E-state index contributed by atoms with van der Waals surface area (Å²) in [4.78, 5) is 6.18. The molecule has 4 rings (SSSR count). The summed E-state index contributed by atoms with van der Waals surface area (Å²) in [6, 6.07) is 7.28. The summed E-state index contributed by atoms with van der Waals surface area (Å²) in [7, 11) is 1.91. The molecular formula is C20H22FN5O. The maximum atomic E-state index is 13.9. The van der Waals surface area contributed by atoms with E-state index in [2.05, 4.69) is 20.5 Å². The molecule has 3 heterocycles. The number of anilines is 1. The van der Waals surface area contributed by atoms with Crippen LogP contribution in [0, 0.1) is 6.92 Å². The average Bonchev–Trinajstić information content (AvgIpc) is 2.62. The molecule has 1 aliphatic heterocycles. The number of pyridine rings is 1. The van der Waals surface area contributed by atoms with Gasteiger partial charge >= 0.3 is 0 Å². The lowest BCUT2D eigenvalue weighted by atomic mass is 10.0. The number of aryl methyl sites for hydroxylation is 1. The summed E-state index contributed by atoms with van der Waals surface area (Å²) in [6.45, 7) is 3.12. The van der Waals surface area contributed by atoms with Gasteiger partial charge in [0.1, 0.15) is 17.6 Å². The predicted octanol–water partition coefficient (Wildman–Crippen LogP) is 3.16. The summed E-state index contributed by atoms with van der Waals surface area (Å²) in [6.07, 6.45) is 2.99. The number of hydrogen-bond donors (Lipinski definition) is 2. The van der Waals surface area contributed by atoms with Crippen LogP contribution in [0.2, 0.25) is 0 Å². The second-order valence-electron chi connectivity index (χ2n) is 7.23. The highest BCUT2D eigenvalue weighted by molar-refractivity contribution is 6.00. The van der Waals surface area contributed by atoms with Crippen molar-refractivity contribution in [3.63, 3.8) is 0 Å². The van der Waals surface area contributed by atoms with Gasteiger partial charge in [-0.1, -0.05) is 6.07 Å². The molecule has 3 aromatic rings. The minimum absolute atomic E-state index is 0.0462. The molecule has 0 bridgehead atoms. The number of benzene rings is 1. The zero-order valence-electron chi connectivity index (χ0n) is 15.4. The molecule has 0 amide bonds. The minimum Gasteiger partial charge on any atom is -0.507 e. The lowest BCUT2D eigenvalue weighted by molar-refractivity contribution is 0.153. The summed E-state index contributed by atoms with van der Waals surface area (Å²) in [5.41, 5.74) is 2.19. The lowest BCUT2D eigenvalue weighted by Gasteiger charge is -2.32. The van der Waals surface area contributed by atoms with Crippen molar-refractivity contribution in [2.24, 2.45) is 0 Å². The van der Waals surface area contributed by atoms with E-state index >= 15 is 0 Å². The molecule has 2 N–H and O–H groups in total. The Labute approximate surface area is 157 Å². The molecule has 0 unspecified atom stereocenters. The summed E-state index contributed by atoms with van der Waals surface area (Å²) < 4.78 is 13.9. The van der Waals surface area contributed by atoms with Crippen LogP contribution < -0.4 is 5.32 Å². The standard InChI is InChI=1S/C20H22FN5O/c1-12-3-4-16(18(27)7-12)19-15-5-6-22-9-17(15)20(25-24-19)23-14-8-13(21)10-26(2)11-14/h3-7,9,13-14,27H,8,10-11H2,1-2H3,(H,23,25)/t13-,14-/m1/s1. The van der Waals surface area contributed by atoms with Gasteiger partial charge < -0.3 is 15.3 Å². The first-order valence-corrected chi connectivity index (χ1v) is 9.01. The van der Waals surface area contributed by atoms with Gasteiger partial charge in [-0.05, 0) is 37.7 Å². The Kier molecular flexibility index (Phi) is 4.61. The molecule has 1 aromatic carbocycles. The SMILES string of the molecule is Cc1ccc(-c2nnc(N[C@@H]3C[C@@H](F)CN(C)C3)c3cnccc23)c(O)c1. The van der Waals surface area contributed by atoms with Gasteiger partial charge in [-0.2, -0.15) is 0 Å². The van der Waals surface area contributed by atoms with Gasteiger partial charge in [-0.25, -0.2) is 4.39 Å². The molecule has 1 fully saturated rings. The van der Waals surface area contributed by atoms with Crippen molar-refractivity contribution in [3.05, 3.63) is 42.2 Å². The molecule has 2 aromatic heterocycles. The number of piperidine rings is 1. The number of aromatic nitrogens is 3. The molecule has 0 saturated carbocycles. The Morgan fingerprint density at radius 1 is 1.19 bits per heavy atom. The Balaban J connectivity index is 1.74. The van der Waals surface area contributed by atoms with Crippen molar-refractivity contribution < 1.29 is 9.50 Å². The van der Waals surface area contributed by atoms with Crippen LogP contribution in [0.1, 0.15) is 12.0 Å². The second-order valence-corrected chi connectivity index (χ2v) is 7.23. The fraction of sp³-hybridized carbons (Fsp3) is 0.350. The van der Waals surface area contributed by atoms with Crippen molar-refractivity contribution >= 4 is 16.6 Å². The number of fused-ring (bicyclic) bond motifs is 1. The Morgan fingerprint density at radius 2 is 2.04 bits per heavy atom. The number of likely N-dealkylation sites (tertiary alicyclic amines) is 1. The van der Waals surface area contributed by atoms with Crippen molar-refractivity contribution in [1.82, 2.24) is 20.1 Å². The van der Waals surface area contributed by atoms with E-state index in [9.17, 15) is 9.50 Å². The maximum absolute atomic E-state index is 13.9. The zero-order valence-corrected chi connectivity index (χ0v) is 15.4. The van der Waals surface area contributed by atoms with Crippen molar-refractivity contribution in [2.45, 2.75) is 25.6 Å². The molecule has 1 aliphatic rings. The average molecular weight is 367 g/mol. The number of rotatable bonds is 3. The van der Waals surface area contributed by atoms with E-state index in [4.69, 9.17) is 0 Å². The maximum Gasteiger partial charge on any atom is 0.158 e. The van der Waals surface area contributed by atoms with E-state index in [0.717, 1.165) is 22.9 Å². The van der Waals surface area contributed by atoms with Crippen LogP contribution >= 0.6 is 0 Å². The second kappa shape index (κ2) is 7.08. The Hall–Kier alpha value is -2.80. The van der Waals surface area contributed by atoms with Crippen LogP contribution in [0.4, 0.5) is 10.2 Å². The first kappa shape index (κ1) is 17.6. The number of halogens is 1. The van der Waals surface area contributed by atoms with Gasteiger partial charge in [0.2, 0.25) is 0 Å². The molecule has 0 aliphatic carbocycles. The molecule has 0 spiro atoms. The van der Waals surface area contributed by atoms with Gasteiger partial charge in [0, 0.05) is 54.3 Å². The molecular weight excluding hydrogens is 345 g/mol. The quantitative estimate of drug-likeness (QED) is 0.741. The highest BCUT2D eigenvalue weighted by Gasteiger charge is 2.26. The third-order valence-electron chi connectivity index (χ3n) is 4.91. The number of phenolic OH excluding ortho intramolecular Hbond substituents is 1. The van der Waals surface area contributed by atoms with E-state index in [1.807, 2.05) is 37.1 Å². The largest absolute Gasteiger partial charge is 0.507 e. The van der Waals surface area contributed by atoms with Gasteiger partial charge in [0.05, 0.1) is 0 Å². The highest BCUT2D eigenvalue weighted by atomic mass is 19.1.